The summed E-state index contributed by atoms with van der Waals surface area (Å²) in [5.41, 5.74) is 7.99. The average molecular weight is 615 g/mol. The number of ether oxygens (including phenoxy) is 4. The zero-order valence-corrected chi connectivity index (χ0v) is 27.4. The first-order valence-corrected chi connectivity index (χ1v) is 15.4. The standard InChI is InChI=1S/C32H46N4O6S/c1-9-39-26(40-10-2)20-36(28(37)24(33)18-21-14-16-23(17-15-21)41-31(3,4)5)19-22-12-11-13-25-27(22)34-29(43-25)35-30(38)42-32(6,7)8/h11-17,24,26H,9-10,18-20,33H2,1-8H3,(H,34,35,38). The van der Waals surface area contributed by atoms with Crippen molar-refractivity contribution in [2.45, 2.75) is 91.9 Å². The second-order valence-corrected chi connectivity index (χ2v) is 13.2. The number of nitrogens with two attached hydrogens (primary N) is 1. The Morgan fingerprint density at radius 1 is 0.977 bits per heavy atom. The van der Waals surface area contributed by atoms with Crippen molar-refractivity contribution in [1.82, 2.24) is 9.88 Å². The number of amides is 2. The molecule has 3 rings (SSSR count). The summed E-state index contributed by atoms with van der Waals surface area (Å²) in [4.78, 5) is 32.5. The highest BCUT2D eigenvalue weighted by Crippen LogP contribution is 2.30. The summed E-state index contributed by atoms with van der Waals surface area (Å²) in [5.74, 6) is 0.518. The molecule has 1 heterocycles. The molecule has 0 aliphatic rings. The van der Waals surface area contributed by atoms with Gasteiger partial charge in [-0.3, -0.25) is 10.1 Å². The molecular weight excluding hydrogens is 568 g/mol. The van der Waals surface area contributed by atoms with Crippen LogP contribution in [0.2, 0.25) is 0 Å². The van der Waals surface area contributed by atoms with Gasteiger partial charge in [-0.15, -0.1) is 0 Å². The van der Waals surface area contributed by atoms with Crippen LogP contribution in [0.15, 0.2) is 42.5 Å². The predicted molar refractivity (Wildman–Crippen MR) is 170 cm³/mol. The van der Waals surface area contributed by atoms with E-state index in [9.17, 15) is 9.59 Å². The largest absolute Gasteiger partial charge is 0.488 e. The second kappa shape index (κ2) is 15.0. The second-order valence-electron chi connectivity index (χ2n) is 12.1. The quantitative estimate of drug-likeness (QED) is 0.221. The van der Waals surface area contributed by atoms with E-state index in [1.165, 1.54) is 11.3 Å². The Balaban J connectivity index is 1.83. The molecule has 43 heavy (non-hydrogen) atoms. The Hall–Kier alpha value is -3.25. The zero-order valence-electron chi connectivity index (χ0n) is 26.6. The number of rotatable bonds is 13. The van der Waals surface area contributed by atoms with Crippen molar-refractivity contribution in [1.29, 1.82) is 0 Å². The van der Waals surface area contributed by atoms with Crippen LogP contribution < -0.4 is 15.8 Å². The Bertz CT molecular complexity index is 1340. The molecular formula is C32H46N4O6S. The molecule has 2 aromatic carbocycles. The molecule has 11 heteroatoms. The van der Waals surface area contributed by atoms with Gasteiger partial charge in [-0.2, -0.15) is 0 Å². The number of benzene rings is 2. The van der Waals surface area contributed by atoms with Crippen LogP contribution in [0.25, 0.3) is 10.2 Å². The van der Waals surface area contributed by atoms with E-state index in [-0.39, 0.29) is 24.6 Å². The molecule has 0 aliphatic heterocycles. The molecule has 1 unspecified atom stereocenters. The van der Waals surface area contributed by atoms with Gasteiger partial charge in [0, 0.05) is 19.8 Å². The van der Waals surface area contributed by atoms with Gasteiger partial charge in [0.25, 0.3) is 0 Å². The number of nitrogens with one attached hydrogen (secondary N) is 1. The van der Waals surface area contributed by atoms with Gasteiger partial charge in [-0.1, -0.05) is 35.6 Å². The van der Waals surface area contributed by atoms with E-state index < -0.39 is 24.0 Å². The average Bonchev–Trinajstić information content (AvgIpc) is 3.30. The summed E-state index contributed by atoms with van der Waals surface area (Å²) in [6.07, 6.45) is -0.839. The Kier molecular flexibility index (Phi) is 11.9. The highest BCUT2D eigenvalue weighted by molar-refractivity contribution is 7.22. The Morgan fingerprint density at radius 2 is 1.63 bits per heavy atom. The summed E-state index contributed by atoms with van der Waals surface area (Å²) >= 11 is 1.33. The number of aromatic nitrogens is 1. The first-order valence-electron chi connectivity index (χ1n) is 14.6. The minimum Gasteiger partial charge on any atom is -0.488 e. The third-order valence-electron chi connectivity index (χ3n) is 5.98. The van der Waals surface area contributed by atoms with Crippen molar-refractivity contribution < 1.29 is 28.5 Å². The molecule has 0 fully saturated rings. The molecule has 1 atom stereocenters. The maximum atomic E-state index is 13.8. The van der Waals surface area contributed by atoms with Crippen LogP contribution in [0.4, 0.5) is 9.93 Å². The number of carbonyl (C=O) groups is 2. The molecule has 0 aliphatic carbocycles. The lowest BCUT2D eigenvalue weighted by molar-refractivity contribution is -0.160. The van der Waals surface area contributed by atoms with Gasteiger partial charge < -0.3 is 29.6 Å². The molecule has 0 spiro atoms. The summed E-state index contributed by atoms with van der Waals surface area (Å²) in [5, 5.41) is 3.12. The summed E-state index contributed by atoms with van der Waals surface area (Å²) in [6, 6.07) is 12.6. The number of hydrogen-bond donors (Lipinski definition) is 2. The SMILES string of the molecule is CCOC(CN(Cc1cccc2sc(NC(=O)OC(C)(C)C)nc12)C(=O)C(N)Cc1ccc(OC(C)(C)C)cc1)OCC. The van der Waals surface area contributed by atoms with Crippen molar-refractivity contribution >= 4 is 38.7 Å². The smallest absolute Gasteiger partial charge is 0.413 e. The lowest BCUT2D eigenvalue weighted by Gasteiger charge is -2.30. The molecule has 0 saturated carbocycles. The highest BCUT2D eigenvalue weighted by Gasteiger charge is 2.26. The maximum Gasteiger partial charge on any atom is 0.413 e. The van der Waals surface area contributed by atoms with Crippen LogP contribution in [0.3, 0.4) is 0 Å². The zero-order chi connectivity index (χ0) is 31.8. The van der Waals surface area contributed by atoms with E-state index in [0.29, 0.717) is 30.3 Å². The van der Waals surface area contributed by atoms with Crippen molar-refractivity contribution in [2.24, 2.45) is 5.73 Å². The fraction of sp³-hybridized carbons (Fsp3) is 0.531. The van der Waals surface area contributed by atoms with Crippen LogP contribution in [-0.4, -0.2) is 65.2 Å². The van der Waals surface area contributed by atoms with Crippen molar-refractivity contribution in [3.05, 3.63) is 53.6 Å². The predicted octanol–water partition coefficient (Wildman–Crippen LogP) is 6.12. The molecule has 2 amide bonds. The minimum absolute atomic E-state index is 0.191. The first-order chi connectivity index (χ1) is 20.2. The number of thiazole rings is 1. The highest BCUT2D eigenvalue weighted by atomic mass is 32.1. The molecule has 3 N–H and O–H groups in total. The monoisotopic (exact) mass is 614 g/mol. The summed E-state index contributed by atoms with van der Waals surface area (Å²) in [7, 11) is 0. The number of para-hydroxylation sites is 1. The van der Waals surface area contributed by atoms with E-state index in [0.717, 1.165) is 21.6 Å². The third kappa shape index (κ3) is 11.1. The molecule has 0 saturated heterocycles. The van der Waals surface area contributed by atoms with Crippen LogP contribution >= 0.6 is 11.3 Å². The molecule has 10 nitrogen and oxygen atoms in total. The number of nitrogens with zero attached hydrogens (tertiary/aromatic N) is 2. The van der Waals surface area contributed by atoms with Crippen molar-refractivity contribution in [2.75, 3.05) is 25.1 Å². The molecule has 1 aromatic heterocycles. The van der Waals surface area contributed by atoms with Gasteiger partial charge in [-0.25, -0.2) is 9.78 Å². The summed E-state index contributed by atoms with van der Waals surface area (Å²) < 4.78 is 23.7. The van der Waals surface area contributed by atoms with E-state index in [4.69, 9.17) is 24.7 Å². The number of hydrogen-bond acceptors (Lipinski definition) is 9. The number of anilines is 1. The van der Waals surface area contributed by atoms with Crippen molar-refractivity contribution in [3.8, 4) is 5.75 Å². The third-order valence-corrected chi connectivity index (χ3v) is 6.91. The van der Waals surface area contributed by atoms with E-state index in [1.54, 1.807) is 25.7 Å². The fourth-order valence-electron chi connectivity index (χ4n) is 4.34. The topological polar surface area (TPSA) is 125 Å². The number of fused-ring (bicyclic) bond motifs is 1. The fourth-order valence-corrected chi connectivity index (χ4v) is 5.24. The van der Waals surface area contributed by atoms with E-state index in [2.05, 4.69) is 10.3 Å². The van der Waals surface area contributed by atoms with Gasteiger partial charge >= 0.3 is 6.09 Å². The van der Waals surface area contributed by atoms with Crippen LogP contribution in [0, 0.1) is 0 Å². The van der Waals surface area contributed by atoms with Crippen LogP contribution in [0.5, 0.6) is 5.75 Å². The lowest BCUT2D eigenvalue weighted by Crippen LogP contribution is -2.48. The van der Waals surface area contributed by atoms with E-state index >= 15 is 0 Å². The van der Waals surface area contributed by atoms with Gasteiger partial charge in [0.15, 0.2) is 11.4 Å². The molecule has 0 bridgehead atoms. The normalized spacial score (nSPS) is 12.8. The van der Waals surface area contributed by atoms with Gasteiger partial charge in [0.1, 0.15) is 17.0 Å². The van der Waals surface area contributed by atoms with Gasteiger partial charge in [0.05, 0.1) is 22.8 Å². The van der Waals surface area contributed by atoms with E-state index in [1.807, 2.05) is 77.1 Å². The van der Waals surface area contributed by atoms with Gasteiger partial charge in [0.2, 0.25) is 5.91 Å². The summed E-state index contributed by atoms with van der Waals surface area (Å²) in [6.45, 7) is 16.4. The minimum atomic E-state index is -0.794. The number of carbonyl (C=O) groups excluding carboxylic acids is 2. The Morgan fingerprint density at radius 3 is 2.21 bits per heavy atom. The maximum absolute atomic E-state index is 13.8. The van der Waals surface area contributed by atoms with Crippen LogP contribution in [-0.2, 0) is 32.0 Å². The lowest BCUT2D eigenvalue weighted by atomic mass is 10.0. The molecule has 236 valence electrons. The Labute approximate surface area is 258 Å². The van der Waals surface area contributed by atoms with Crippen molar-refractivity contribution in [3.63, 3.8) is 0 Å². The van der Waals surface area contributed by atoms with Gasteiger partial charge in [-0.05, 0) is 91.1 Å². The first kappa shape index (κ1) is 34.2. The van der Waals surface area contributed by atoms with Crippen LogP contribution in [0.1, 0.15) is 66.5 Å². The molecule has 0 radical (unpaired) electrons. The molecule has 3 aromatic rings.